The predicted molar refractivity (Wildman–Crippen MR) is 61.5 cm³/mol. The van der Waals surface area contributed by atoms with Gasteiger partial charge in [-0.15, -0.1) is 0 Å². The van der Waals surface area contributed by atoms with E-state index in [0.717, 1.165) is 6.42 Å². The Morgan fingerprint density at radius 1 is 0.923 bits per heavy atom. The lowest BCUT2D eigenvalue weighted by Gasteiger charge is -1.97. The third-order valence-corrected chi connectivity index (χ3v) is 2.14. The van der Waals surface area contributed by atoms with Gasteiger partial charge in [-0.05, 0) is 19.3 Å². The molecule has 0 spiro atoms. The normalized spacial score (nSPS) is 13.4. The zero-order valence-corrected chi connectivity index (χ0v) is 9.36. The highest BCUT2D eigenvalue weighted by Crippen LogP contribution is 2.12. The fraction of sp³-hybridized carbons (Fsp3) is 0.846. The molecule has 0 aliphatic heterocycles. The van der Waals surface area contributed by atoms with E-state index in [9.17, 15) is 0 Å². The smallest absolute Gasteiger partial charge is 0.0386 e. The number of rotatable bonds is 7. The Labute approximate surface area is 85.1 Å². The molecular weight excluding hydrogens is 156 g/mol. The molecule has 0 nitrogen and oxygen atoms in total. The molecule has 0 amide bonds. The Kier molecular flexibility index (Phi) is 12.0. The first-order valence-corrected chi connectivity index (χ1v) is 6.02. The van der Waals surface area contributed by atoms with Crippen molar-refractivity contribution < 1.29 is 0 Å². The molecule has 1 saturated carbocycles. The van der Waals surface area contributed by atoms with E-state index in [1.807, 2.05) is 0 Å². The Balaban J connectivity index is 0.000000396. The first kappa shape index (κ1) is 13.0. The second-order valence-electron chi connectivity index (χ2n) is 3.84. The molecule has 0 atom stereocenters. The van der Waals surface area contributed by atoms with Crippen molar-refractivity contribution in [2.24, 2.45) is 0 Å². The molecule has 0 aromatic rings. The molecule has 0 bridgehead atoms. The summed E-state index contributed by atoms with van der Waals surface area (Å²) in [5.74, 6) is 0. The number of unbranched alkanes of at least 4 members (excludes halogenated alkanes) is 7. The third kappa shape index (κ3) is 18.8. The van der Waals surface area contributed by atoms with Crippen molar-refractivity contribution in [3.63, 3.8) is 0 Å². The van der Waals surface area contributed by atoms with E-state index in [4.69, 9.17) is 0 Å². The Morgan fingerprint density at radius 2 is 1.38 bits per heavy atom. The highest BCUT2D eigenvalue weighted by Gasteiger charge is 1.95. The van der Waals surface area contributed by atoms with Crippen LogP contribution in [0.15, 0.2) is 0 Å². The minimum Gasteiger partial charge on any atom is -0.0654 e. The summed E-state index contributed by atoms with van der Waals surface area (Å²) in [7, 11) is 0. The lowest BCUT2D eigenvalue weighted by atomic mass is 10.1. The van der Waals surface area contributed by atoms with Crippen LogP contribution in [0.4, 0.5) is 0 Å². The third-order valence-electron chi connectivity index (χ3n) is 2.14. The molecule has 78 valence electrons. The zero-order chi connectivity index (χ0) is 9.78. The summed E-state index contributed by atoms with van der Waals surface area (Å²) in [6, 6.07) is 0. The summed E-state index contributed by atoms with van der Waals surface area (Å²) in [6.07, 6.45) is 15.9. The van der Waals surface area contributed by atoms with Crippen molar-refractivity contribution in [3.8, 4) is 0 Å². The highest BCUT2D eigenvalue weighted by atomic mass is 14.0. The molecule has 0 heterocycles. The standard InChI is InChI=1S/C10H21.C3H5/c1-3-5-7-9-10-8-6-4-2;1-2-3-1/h1,3-10H2,2H3;1H,2-3H2. The first-order chi connectivity index (χ1) is 6.41. The van der Waals surface area contributed by atoms with E-state index < -0.39 is 0 Å². The number of hydrogen-bond donors (Lipinski definition) is 0. The average Bonchev–Trinajstić information content (AvgIpc) is 2.98. The Morgan fingerprint density at radius 3 is 1.77 bits per heavy atom. The largest absolute Gasteiger partial charge is 0.0654 e. The van der Waals surface area contributed by atoms with Crippen LogP contribution in [0.2, 0.25) is 0 Å². The van der Waals surface area contributed by atoms with Crippen molar-refractivity contribution >= 4 is 0 Å². The number of hydrogen-bond acceptors (Lipinski definition) is 0. The van der Waals surface area contributed by atoms with Crippen LogP contribution in [0.25, 0.3) is 0 Å². The van der Waals surface area contributed by atoms with E-state index in [1.165, 1.54) is 57.8 Å². The van der Waals surface area contributed by atoms with Gasteiger partial charge in [-0.3, -0.25) is 0 Å². The predicted octanol–water partition coefficient (Wildman–Crippen LogP) is 4.95. The van der Waals surface area contributed by atoms with Gasteiger partial charge in [0, 0.05) is 0 Å². The maximum atomic E-state index is 3.82. The molecule has 1 fully saturated rings. The van der Waals surface area contributed by atoms with Gasteiger partial charge in [0.05, 0.1) is 0 Å². The van der Waals surface area contributed by atoms with Crippen LogP contribution in [0.1, 0.15) is 71.1 Å². The molecule has 2 radical (unpaired) electrons. The summed E-state index contributed by atoms with van der Waals surface area (Å²) in [6.45, 7) is 6.08. The molecule has 1 rings (SSSR count). The highest BCUT2D eigenvalue weighted by molar-refractivity contribution is 4.79. The lowest BCUT2D eigenvalue weighted by Crippen LogP contribution is -1.77. The molecule has 0 aromatic carbocycles. The van der Waals surface area contributed by atoms with Crippen LogP contribution < -0.4 is 0 Å². The van der Waals surface area contributed by atoms with E-state index >= 15 is 0 Å². The fourth-order valence-electron chi connectivity index (χ4n) is 1.13. The van der Waals surface area contributed by atoms with Gasteiger partial charge in [0.25, 0.3) is 0 Å². The van der Waals surface area contributed by atoms with E-state index in [1.54, 1.807) is 0 Å². The van der Waals surface area contributed by atoms with Gasteiger partial charge in [0.15, 0.2) is 0 Å². The second kappa shape index (κ2) is 12.0. The van der Waals surface area contributed by atoms with Crippen LogP contribution in [-0.4, -0.2) is 0 Å². The topological polar surface area (TPSA) is 0 Å². The average molecular weight is 182 g/mol. The quantitative estimate of drug-likeness (QED) is 0.489. The molecule has 0 N–H and O–H groups in total. The van der Waals surface area contributed by atoms with Crippen LogP contribution >= 0.6 is 0 Å². The van der Waals surface area contributed by atoms with Gasteiger partial charge in [-0.25, -0.2) is 0 Å². The van der Waals surface area contributed by atoms with Crippen molar-refractivity contribution in [1.29, 1.82) is 0 Å². The van der Waals surface area contributed by atoms with Crippen LogP contribution in [0, 0.1) is 13.3 Å². The van der Waals surface area contributed by atoms with E-state index in [0.29, 0.717) is 0 Å². The van der Waals surface area contributed by atoms with E-state index in [2.05, 4.69) is 20.3 Å². The van der Waals surface area contributed by atoms with Gasteiger partial charge in [-0.2, -0.15) is 0 Å². The van der Waals surface area contributed by atoms with Gasteiger partial charge in [0.1, 0.15) is 0 Å². The molecule has 0 aromatic heterocycles. The lowest BCUT2D eigenvalue weighted by molar-refractivity contribution is 0.592. The van der Waals surface area contributed by atoms with Gasteiger partial charge in [-0.1, -0.05) is 65.2 Å². The summed E-state index contributed by atoms with van der Waals surface area (Å²) in [4.78, 5) is 0. The monoisotopic (exact) mass is 182 g/mol. The van der Waals surface area contributed by atoms with Gasteiger partial charge < -0.3 is 0 Å². The fourth-order valence-corrected chi connectivity index (χ4v) is 1.13. The van der Waals surface area contributed by atoms with Gasteiger partial charge >= 0.3 is 0 Å². The first-order valence-electron chi connectivity index (χ1n) is 6.02. The Hall–Kier alpha value is 0. The molecule has 0 unspecified atom stereocenters. The zero-order valence-electron chi connectivity index (χ0n) is 9.36. The van der Waals surface area contributed by atoms with Crippen molar-refractivity contribution in [2.75, 3.05) is 0 Å². The minimum absolute atomic E-state index is 1.12. The van der Waals surface area contributed by atoms with Crippen LogP contribution in [0.5, 0.6) is 0 Å². The van der Waals surface area contributed by atoms with Crippen molar-refractivity contribution in [3.05, 3.63) is 13.3 Å². The van der Waals surface area contributed by atoms with Crippen LogP contribution in [-0.2, 0) is 0 Å². The molecular formula is C13H26. The van der Waals surface area contributed by atoms with Gasteiger partial charge in [0.2, 0.25) is 0 Å². The molecule has 0 saturated heterocycles. The second-order valence-corrected chi connectivity index (χ2v) is 3.84. The van der Waals surface area contributed by atoms with E-state index in [-0.39, 0.29) is 0 Å². The summed E-state index contributed by atoms with van der Waals surface area (Å²) >= 11 is 0. The minimum atomic E-state index is 1.12. The molecule has 0 heteroatoms. The van der Waals surface area contributed by atoms with Crippen LogP contribution in [0.3, 0.4) is 0 Å². The van der Waals surface area contributed by atoms with Crippen molar-refractivity contribution in [2.45, 2.75) is 71.1 Å². The molecule has 1 aliphatic carbocycles. The molecule has 1 aliphatic rings. The molecule has 13 heavy (non-hydrogen) atoms. The summed E-state index contributed by atoms with van der Waals surface area (Å²) in [5, 5.41) is 0. The maximum Gasteiger partial charge on any atom is -0.0386 e. The van der Waals surface area contributed by atoms with Crippen molar-refractivity contribution in [1.82, 2.24) is 0 Å². The summed E-state index contributed by atoms with van der Waals surface area (Å²) in [5.41, 5.74) is 0. The Bertz CT molecular complexity index is 63.4. The maximum absolute atomic E-state index is 3.82. The SMILES string of the molecule is [CH2]CCCCCCCCC.[CH]1CC1. The summed E-state index contributed by atoms with van der Waals surface area (Å²) < 4.78 is 0.